The van der Waals surface area contributed by atoms with Gasteiger partial charge in [0.2, 0.25) is 0 Å². The highest BCUT2D eigenvalue weighted by Crippen LogP contribution is 2.26. The van der Waals surface area contributed by atoms with Crippen LogP contribution in [0.25, 0.3) is 22.3 Å². The van der Waals surface area contributed by atoms with Crippen molar-refractivity contribution in [3.05, 3.63) is 64.0 Å². The molecule has 0 spiro atoms. The van der Waals surface area contributed by atoms with Crippen LogP contribution in [0, 0.1) is 10.1 Å². The molecule has 0 unspecified atom stereocenters. The molecule has 0 radical (unpaired) electrons. The number of ether oxygens (including phenoxy) is 1. The summed E-state index contributed by atoms with van der Waals surface area (Å²) in [4.78, 5) is 10.3. The van der Waals surface area contributed by atoms with Gasteiger partial charge in [-0.2, -0.15) is 0 Å². The van der Waals surface area contributed by atoms with Gasteiger partial charge in [0, 0.05) is 23.8 Å². The highest BCUT2D eigenvalue weighted by atomic mass is 16.6. The number of nitro benzene ring substituents is 1. The van der Waals surface area contributed by atoms with Crippen molar-refractivity contribution in [1.29, 1.82) is 0 Å². The van der Waals surface area contributed by atoms with Crippen LogP contribution in [0.1, 0.15) is 0 Å². The predicted molar refractivity (Wildman–Crippen MR) is 82.2 cm³/mol. The van der Waals surface area contributed by atoms with E-state index in [2.05, 4.69) is 5.16 Å². The second-order valence-corrected chi connectivity index (χ2v) is 4.76. The molecule has 0 atom stereocenters. The number of rotatable bonds is 3. The standard InChI is InChI=1S/C16H12N2O5/c1-22-12-5-2-10(3-6-12)16-9-14(17-19)13-8-11(18(20)21)4-7-15(13)23-16/h2-9,19H,1H3/b17-14+. The van der Waals surface area contributed by atoms with Gasteiger partial charge in [0.05, 0.1) is 17.4 Å². The van der Waals surface area contributed by atoms with Gasteiger partial charge in [-0.05, 0) is 30.3 Å². The molecule has 1 aromatic heterocycles. The summed E-state index contributed by atoms with van der Waals surface area (Å²) in [6.45, 7) is 0. The Bertz CT molecular complexity index is 945. The fourth-order valence-corrected chi connectivity index (χ4v) is 2.25. The summed E-state index contributed by atoms with van der Waals surface area (Å²) in [5, 5.41) is 23.8. The Balaban J connectivity index is 2.20. The number of hydrogen-bond donors (Lipinski definition) is 1. The largest absolute Gasteiger partial charge is 0.497 e. The van der Waals surface area contributed by atoms with Crippen LogP contribution < -0.4 is 10.1 Å². The average molecular weight is 312 g/mol. The zero-order chi connectivity index (χ0) is 16.4. The highest BCUT2D eigenvalue weighted by molar-refractivity contribution is 5.80. The molecule has 0 bridgehead atoms. The second kappa shape index (κ2) is 5.80. The normalized spacial score (nSPS) is 11.6. The third kappa shape index (κ3) is 2.71. The van der Waals surface area contributed by atoms with E-state index in [1.807, 2.05) is 0 Å². The Labute approximate surface area is 130 Å². The van der Waals surface area contributed by atoms with E-state index in [0.29, 0.717) is 22.5 Å². The summed E-state index contributed by atoms with van der Waals surface area (Å²) < 4.78 is 10.9. The molecule has 0 fully saturated rings. The lowest BCUT2D eigenvalue weighted by molar-refractivity contribution is -0.384. The van der Waals surface area contributed by atoms with Crippen molar-refractivity contribution in [2.45, 2.75) is 0 Å². The molecule has 0 saturated heterocycles. The Morgan fingerprint density at radius 2 is 1.91 bits per heavy atom. The van der Waals surface area contributed by atoms with Crippen LogP contribution in [-0.4, -0.2) is 17.2 Å². The van der Waals surface area contributed by atoms with E-state index in [1.54, 1.807) is 31.4 Å². The first-order valence-electron chi connectivity index (χ1n) is 6.67. The van der Waals surface area contributed by atoms with Gasteiger partial charge in [0.1, 0.15) is 22.5 Å². The van der Waals surface area contributed by atoms with Gasteiger partial charge in [-0.1, -0.05) is 5.16 Å². The Hall–Kier alpha value is -3.35. The summed E-state index contributed by atoms with van der Waals surface area (Å²) in [6, 6.07) is 12.8. The smallest absolute Gasteiger partial charge is 0.270 e. The van der Waals surface area contributed by atoms with Crippen LogP contribution in [-0.2, 0) is 0 Å². The fraction of sp³-hybridized carbons (Fsp3) is 0.0625. The van der Waals surface area contributed by atoms with Crippen molar-refractivity contribution in [1.82, 2.24) is 0 Å². The van der Waals surface area contributed by atoms with Gasteiger partial charge in [0.15, 0.2) is 0 Å². The van der Waals surface area contributed by atoms with E-state index in [1.165, 1.54) is 24.3 Å². The number of benzene rings is 2. The first-order chi connectivity index (χ1) is 11.1. The van der Waals surface area contributed by atoms with E-state index in [4.69, 9.17) is 9.15 Å². The molecule has 3 aromatic rings. The van der Waals surface area contributed by atoms with Gasteiger partial charge in [-0.15, -0.1) is 0 Å². The van der Waals surface area contributed by atoms with Crippen LogP contribution in [0.4, 0.5) is 5.69 Å². The number of nitro groups is 1. The maximum Gasteiger partial charge on any atom is 0.270 e. The molecule has 116 valence electrons. The molecular weight excluding hydrogens is 300 g/mol. The van der Waals surface area contributed by atoms with Crippen molar-refractivity contribution in [2.75, 3.05) is 7.11 Å². The molecule has 0 amide bonds. The average Bonchev–Trinajstić information content (AvgIpc) is 2.60. The molecule has 0 aliphatic heterocycles. The van der Waals surface area contributed by atoms with Crippen LogP contribution in [0.15, 0.2) is 58.1 Å². The maximum absolute atomic E-state index is 10.9. The number of hydrogen-bond acceptors (Lipinski definition) is 6. The molecule has 23 heavy (non-hydrogen) atoms. The Morgan fingerprint density at radius 1 is 1.17 bits per heavy atom. The topological polar surface area (TPSA) is 98.1 Å². The summed E-state index contributed by atoms with van der Waals surface area (Å²) >= 11 is 0. The molecule has 0 aliphatic carbocycles. The van der Waals surface area contributed by atoms with E-state index in [-0.39, 0.29) is 11.0 Å². The number of nitrogens with zero attached hydrogens (tertiary/aromatic N) is 2. The monoisotopic (exact) mass is 312 g/mol. The van der Waals surface area contributed by atoms with Gasteiger partial charge in [-0.3, -0.25) is 10.1 Å². The van der Waals surface area contributed by atoms with Crippen LogP contribution in [0.3, 0.4) is 0 Å². The van der Waals surface area contributed by atoms with Gasteiger partial charge in [-0.25, -0.2) is 0 Å². The first-order valence-corrected chi connectivity index (χ1v) is 6.67. The Morgan fingerprint density at radius 3 is 2.52 bits per heavy atom. The van der Waals surface area contributed by atoms with Crippen LogP contribution in [0.5, 0.6) is 5.75 Å². The first kappa shape index (κ1) is 14.6. The van der Waals surface area contributed by atoms with Crippen molar-refractivity contribution in [3.63, 3.8) is 0 Å². The molecule has 7 nitrogen and oxygen atoms in total. The van der Waals surface area contributed by atoms with E-state index in [0.717, 1.165) is 5.56 Å². The molecule has 0 saturated carbocycles. The highest BCUT2D eigenvalue weighted by Gasteiger charge is 2.11. The van der Waals surface area contributed by atoms with Crippen molar-refractivity contribution in [2.24, 2.45) is 5.16 Å². The molecule has 0 aliphatic rings. The number of fused-ring (bicyclic) bond motifs is 1. The van der Waals surface area contributed by atoms with Crippen molar-refractivity contribution < 1.29 is 19.3 Å². The lowest BCUT2D eigenvalue weighted by atomic mass is 10.1. The zero-order valence-electron chi connectivity index (χ0n) is 12.1. The lowest BCUT2D eigenvalue weighted by Crippen LogP contribution is -2.04. The van der Waals surface area contributed by atoms with Gasteiger partial charge < -0.3 is 14.4 Å². The zero-order valence-corrected chi connectivity index (χ0v) is 12.1. The molecule has 1 heterocycles. The van der Waals surface area contributed by atoms with Crippen LogP contribution in [0.2, 0.25) is 0 Å². The molecule has 3 rings (SSSR count). The third-order valence-corrected chi connectivity index (χ3v) is 3.42. The predicted octanol–water partition coefficient (Wildman–Crippen LogP) is 3.31. The van der Waals surface area contributed by atoms with Gasteiger partial charge in [0.25, 0.3) is 5.69 Å². The van der Waals surface area contributed by atoms with Crippen molar-refractivity contribution in [3.8, 4) is 17.1 Å². The van der Waals surface area contributed by atoms with E-state index in [9.17, 15) is 15.3 Å². The van der Waals surface area contributed by atoms with Gasteiger partial charge >= 0.3 is 0 Å². The van der Waals surface area contributed by atoms with E-state index >= 15 is 0 Å². The quantitative estimate of drug-likeness (QED) is 0.454. The minimum absolute atomic E-state index is 0.102. The second-order valence-electron chi connectivity index (χ2n) is 4.76. The minimum atomic E-state index is -0.516. The summed E-state index contributed by atoms with van der Waals surface area (Å²) in [5.74, 6) is 1.18. The molecule has 2 aromatic carbocycles. The number of non-ortho nitro benzene ring substituents is 1. The Kier molecular flexibility index (Phi) is 3.68. The number of methoxy groups -OCH3 is 1. The SMILES string of the molecule is COc1ccc(-c2c/c(=N\O)c3cc([N+](=O)[O-])ccc3o2)cc1. The van der Waals surface area contributed by atoms with Crippen LogP contribution >= 0.6 is 0 Å². The third-order valence-electron chi connectivity index (χ3n) is 3.42. The lowest BCUT2D eigenvalue weighted by Gasteiger charge is -2.05. The van der Waals surface area contributed by atoms with Crippen molar-refractivity contribution >= 4 is 16.7 Å². The molecular formula is C16H12N2O5. The molecule has 1 N–H and O–H groups in total. The maximum atomic E-state index is 10.9. The molecule has 7 heteroatoms. The summed E-state index contributed by atoms with van der Waals surface area (Å²) in [6.07, 6.45) is 0. The fourth-order valence-electron chi connectivity index (χ4n) is 2.25. The summed E-state index contributed by atoms with van der Waals surface area (Å²) in [7, 11) is 1.57. The minimum Gasteiger partial charge on any atom is -0.497 e. The van der Waals surface area contributed by atoms with E-state index < -0.39 is 4.92 Å². The summed E-state index contributed by atoms with van der Waals surface area (Å²) in [5.41, 5.74) is 1.04.